The molecular formula is C24H22ClNO5S. The maximum absolute atomic E-state index is 12.4. The summed E-state index contributed by atoms with van der Waals surface area (Å²) >= 11 is 7.80. The lowest BCUT2D eigenvalue weighted by atomic mass is 9.99. The summed E-state index contributed by atoms with van der Waals surface area (Å²) in [6.45, 7) is 1.81. The first kappa shape index (κ1) is 22.2. The molecule has 0 bridgehead atoms. The van der Waals surface area contributed by atoms with E-state index in [1.165, 1.54) is 18.3 Å². The number of fused-ring (bicyclic) bond motifs is 1. The Labute approximate surface area is 195 Å². The topological polar surface area (TPSA) is 73.9 Å². The fraction of sp³-hybridized carbons (Fsp3) is 0.250. The van der Waals surface area contributed by atoms with E-state index in [4.69, 9.17) is 25.8 Å². The standard InChI is InChI=1S/C24H22ClNO5S/c1-13(27)22-9-16(12-32-22)24(28)26-11-18-7-15-6-14(8-20(25)23(15)31-18)19-10-17(29-2)4-5-21(19)30-3/h4-6,8-10,12,18H,7,11H2,1-3H3,(H,26,28)/t18-/m1/s1. The van der Waals surface area contributed by atoms with E-state index in [0.717, 1.165) is 22.4 Å². The van der Waals surface area contributed by atoms with Gasteiger partial charge in [0.2, 0.25) is 0 Å². The van der Waals surface area contributed by atoms with Gasteiger partial charge in [0.25, 0.3) is 5.91 Å². The van der Waals surface area contributed by atoms with E-state index in [9.17, 15) is 9.59 Å². The van der Waals surface area contributed by atoms with Crippen LogP contribution in [0.1, 0.15) is 32.5 Å². The van der Waals surface area contributed by atoms with Crippen molar-refractivity contribution < 1.29 is 23.8 Å². The highest BCUT2D eigenvalue weighted by Crippen LogP contribution is 2.42. The summed E-state index contributed by atoms with van der Waals surface area (Å²) < 4.78 is 16.9. The summed E-state index contributed by atoms with van der Waals surface area (Å²) in [7, 11) is 3.24. The van der Waals surface area contributed by atoms with E-state index in [2.05, 4.69) is 5.32 Å². The van der Waals surface area contributed by atoms with Crippen molar-refractivity contribution >= 4 is 34.6 Å². The number of amides is 1. The number of nitrogens with one attached hydrogen (secondary N) is 1. The van der Waals surface area contributed by atoms with Gasteiger partial charge in [0.05, 0.1) is 36.2 Å². The van der Waals surface area contributed by atoms with E-state index >= 15 is 0 Å². The smallest absolute Gasteiger partial charge is 0.252 e. The molecule has 1 aromatic heterocycles. The summed E-state index contributed by atoms with van der Waals surface area (Å²) in [5.41, 5.74) is 3.20. The molecule has 3 aromatic rings. The molecule has 0 radical (unpaired) electrons. The van der Waals surface area contributed by atoms with Crippen LogP contribution in [0.2, 0.25) is 5.02 Å². The zero-order valence-electron chi connectivity index (χ0n) is 17.9. The molecule has 1 atom stereocenters. The zero-order valence-corrected chi connectivity index (χ0v) is 19.4. The summed E-state index contributed by atoms with van der Waals surface area (Å²) in [5.74, 6) is 1.77. The lowest BCUT2D eigenvalue weighted by molar-refractivity contribution is 0.0934. The molecule has 0 unspecified atom stereocenters. The Morgan fingerprint density at radius 3 is 2.69 bits per heavy atom. The summed E-state index contributed by atoms with van der Waals surface area (Å²) in [6, 6.07) is 11.1. The average molecular weight is 472 g/mol. The molecule has 1 aliphatic heterocycles. The monoisotopic (exact) mass is 471 g/mol. The number of carbonyl (C=O) groups is 2. The zero-order chi connectivity index (χ0) is 22.8. The Bertz CT molecular complexity index is 1190. The summed E-state index contributed by atoms with van der Waals surface area (Å²) in [5, 5.41) is 5.06. The number of ether oxygens (including phenoxy) is 3. The number of hydrogen-bond donors (Lipinski definition) is 1. The van der Waals surface area contributed by atoms with Crippen LogP contribution in [0, 0.1) is 0 Å². The van der Waals surface area contributed by atoms with Gasteiger partial charge in [-0.2, -0.15) is 0 Å². The minimum absolute atomic E-state index is 0.0539. The molecule has 32 heavy (non-hydrogen) atoms. The number of rotatable bonds is 7. The predicted octanol–water partition coefficient (Wildman–Crippen LogP) is 5.02. The number of methoxy groups -OCH3 is 2. The first-order valence-electron chi connectivity index (χ1n) is 9.98. The molecule has 0 aliphatic carbocycles. The molecule has 1 aliphatic rings. The Hall–Kier alpha value is -3.03. The van der Waals surface area contributed by atoms with Crippen molar-refractivity contribution in [2.24, 2.45) is 0 Å². The van der Waals surface area contributed by atoms with E-state index in [1.807, 2.05) is 30.3 Å². The largest absolute Gasteiger partial charge is 0.497 e. The van der Waals surface area contributed by atoms with Crippen molar-refractivity contribution in [2.75, 3.05) is 20.8 Å². The number of Topliss-reactive ketones (excluding diaryl/α,β-unsaturated/α-hetero) is 1. The first-order chi connectivity index (χ1) is 15.4. The molecular weight excluding hydrogens is 450 g/mol. The second-order valence-electron chi connectivity index (χ2n) is 7.42. The van der Waals surface area contributed by atoms with Crippen LogP contribution in [0.25, 0.3) is 11.1 Å². The van der Waals surface area contributed by atoms with Gasteiger partial charge < -0.3 is 19.5 Å². The van der Waals surface area contributed by atoms with Gasteiger partial charge in [-0.1, -0.05) is 11.6 Å². The van der Waals surface area contributed by atoms with Crippen molar-refractivity contribution in [1.29, 1.82) is 0 Å². The SMILES string of the molecule is COc1ccc(OC)c(-c2cc(Cl)c3c(c2)C[C@H](CNC(=O)c2csc(C(C)=O)c2)O3)c1. The van der Waals surface area contributed by atoms with Gasteiger partial charge in [-0.25, -0.2) is 0 Å². The van der Waals surface area contributed by atoms with Gasteiger partial charge in [-0.05, 0) is 48.9 Å². The van der Waals surface area contributed by atoms with Crippen LogP contribution in [-0.2, 0) is 6.42 Å². The second-order valence-corrected chi connectivity index (χ2v) is 8.74. The second kappa shape index (κ2) is 9.22. The van der Waals surface area contributed by atoms with E-state index in [1.54, 1.807) is 25.7 Å². The van der Waals surface area contributed by atoms with Gasteiger partial charge >= 0.3 is 0 Å². The minimum atomic E-state index is -0.236. The van der Waals surface area contributed by atoms with Crippen LogP contribution < -0.4 is 19.5 Å². The Kier molecular flexibility index (Phi) is 6.39. The number of ketones is 1. The first-order valence-corrected chi connectivity index (χ1v) is 11.2. The van der Waals surface area contributed by atoms with Crippen LogP contribution in [0.4, 0.5) is 0 Å². The Morgan fingerprint density at radius 1 is 1.19 bits per heavy atom. The van der Waals surface area contributed by atoms with Crippen molar-refractivity contribution in [3.8, 4) is 28.4 Å². The van der Waals surface area contributed by atoms with E-state index in [-0.39, 0.29) is 17.8 Å². The third-order valence-corrected chi connectivity index (χ3v) is 6.58. The maximum atomic E-state index is 12.4. The highest BCUT2D eigenvalue weighted by atomic mass is 35.5. The molecule has 1 N–H and O–H groups in total. The van der Waals surface area contributed by atoms with Gasteiger partial charge in [-0.15, -0.1) is 11.3 Å². The third kappa shape index (κ3) is 4.45. The van der Waals surface area contributed by atoms with Crippen LogP contribution in [0.3, 0.4) is 0 Å². The number of carbonyl (C=O) groups excluding carboxylic acids is 2. The predicted molar refractivity (Wildman–Crippen MR) is 125 cm³/mol. The number of thiophene rings is 1. The molecule has 166 valence electrons. The molecule has 0 fully saturated rings. The quantitative estimate of drug-likeness (QED) is 0.490. The van der Waals surface area contributed by atoms with Gasteiger partial charge in [-0.3, -0.25) is 9.59 Å². The molecule has 6 nitrogen and oxygen atoms in total. The third-order valence-electron chi connectivity index (χ3n) is 5.27. The van der Waals surface area contributed by atoms with Gasteiger partial charge in [0.1, 0.15) is 23.4 Å². The van der Waals surface area contributed by atoms with Crippen LogP contribution in [-0.4, -0.2) is 38.6 Å². The van der Waals surface area contributed by atoms with Crippen molar-refractivity contribution in [1.82, 2.24) is 5.32 Å². The normalized spacial score (nSPS) is 14.4. The van der Waals surface area contributed by atoms with E-state index < -0.39 is 0 Å². The molecule has 0 spiro atoms. The van der Waals surface area contributed by atoms with Gasteiger partial charge in [0.15, 0.2) is 5.78 Å². The molecule has 2 heterocycles. The molecule has 2 aromatic carbocycles. The van der Waals surface area contributed by atoms with Crippen LogP contribution >= 0.6 is 22.9 Å². The van der Waals surface area contributed by atoms with Crippen LogP contribution in [0.15, 0.2) is 41.8 Å². The summed E-state index contributed by atoms with van der Waals surface area (Å²) in [6.07, 6.45) is 0.373. The fourth-order valence-electron chi connectivity index (χ4n) is 3.65. The Morgan fingerprint density at radius 2 is 2.00 bits per heavy atom. The summed E-state index contributed by atoms with van der Waals surface area (Å²) in [4.78, 5) is 24.4. The van der Waals surface area contributed by atoms with Crippen molar-refractivity contribution in [3.05, 3.63) is 62.8 Å². The number of halogens is 1. The highest BCUT2D eigenvalue weighted by Gasteiger charge is 2.27. The molecule has 0 saturated carbocycles. The van der Waals surface area contributed by atoms with Crippen molar-refractivity contribution in [2.45, 2.75) is 19.4 Å². The molecule has 8 heteroatoms. The average Bonchev–Trinajstić information content (AvgIpc) is 3.44. The highest BCUT2D eigenvalue weighted by molar-refractivity contribution is 7.12. The van der Waals surface area contributed by atoms with E-state index in [0.29, 0.717) is 39.9 Å². The van der Waals surface area contributed by atoms with Crippen LogP contribution in [0.5, 0.6) is 17.2 Å². The molecule has 4 rings (SSSR count). The fourth-order valence-corrected chi connectivity index (χ4v) is 4.72. The number of benzene rings is 2. The molecule has 0 saturated heterocycles. The maximum Gasteiger partial charge on any atom is 0.252 e. The van der Waals surface area contributed by atoms with Gasteiger partial charge in [0, 0.05) is 22.9 Å². The Balaban J connectivity index is 1.49. The van der Waals surface area contributed by atoms with Crippen molar-refractivity contribution in [3.63, 3.8) is 0 Å². The lowest BCUT2D eigenvalue weighted by Gasteiger charge is -2.13. The minimum Gasteiger partial charge on any atom is -0.497 e. The number of hydrogen-bond acceptors (Lipinski definition) is 6. The molecule has 1 amide bonds. The lowest BCUT2D eigenvalue weighted by Crippen LogP contribution is -2.34.